The lowest BCUT2D eigenvalue weighted by Gasteiger charge is -2.39. The third-order valence-corrected chi connectivity index (χ3v) is 6.38. The number of amides is 1. The summed E-state index contributed by atoms with van der Waals surface area (Å²) in [7, 11) is 0. The van der Waals surface area contributed by atoms with Gasteiger partial charge in [-0.2, -0.15) is 8.78 Å². The lowest BCUT2D eigenvalue weighted by molar-refractivity contribution is -0.133. The van der Waals surface area contributed by atoms with Gasteiger partial charge in [0, 0.05) is 72.1 Å². The molecule has 8 heteroatoms. The molecule has 1 aromatic carbocycles. The molecule has 2 aliphatic heterocycles. The van der Waals surface area contributed by atoms with E-state index in [2.05, 4.69) is 22.1 Å². The molecule has 0 bridgehead atoms. The molecular formula is C21H25F2IN4O. The Balaban J connectivity index is 1.55. The number of alkyl halides is 3. The molecule has 2 saturated heterocycles. The number of benzene rings is 1. The molecule has 0 spiro atoms. The van der Waals surface area contributed by atoms with E-state index in [1.165, 1.54) is 6.07 Å². The predicted octanol–water partition coefficient (Wildman–Crippen LogP) is 3.76. The van der Waals surface area contributed by atoms with Gasteiger partial charge in [-0.1, -0.05) is 6.92 Å². The van der Waals surface area contributed by atoms with Gasteiger partial charge in [-0.05, 0) is 43.0 Å². The number of halogens is 3. The molecule has 29 heavy (non-hydrogen) atoms. The minimum Gasteiger partial charge on any atom is -0.369 e. The maximum Gasteiger partial charge on any atom is 0.323 e. The highest BCUT2D eigenvalue weighted by Gasteiger charge is 2.32. The summed E-state index contributed by atoms with van der Waals surface area (Å²) in [6.45, 7) is 5.85. The molecule has 1 N–H and O–H groups in total. The predicted molar refractivity (Wildman–Crippen MR) is 119 cm³/mol. The quantitative estimate of drug-likeness (QED) is 0.488. The van der Waals surface area contributed by atoms with Crippen LogP contribution in [0, 0.1) is 5.92 Å². The van der Waals surface area contributed by atoms with E-state index >= 15 is 0 Å². The van der Waals surface area contributed by atoms with Crippen LogP contribution < -0.4 is 10.2 Å². The summed E-state index contributed by atoms with van der Waals surface area (Å²) < 4.78 is 25.1. The van der Waals surface area contributed by atoms with Crippen molar-refractivity contribution < 1.29 is 13.6 Å². The Morgan fingerprint density at radius 3 is 2.79 bits per heavy atom. The van der Waals surface area contributed by atoms with E-state index in [1.54, 1.807) is 18.3 Å². The Kier molecular flexibility index (Phi) is 5.92. The fraction of sp³-hybridized carbons (Fsp3) is 0.524. The topological polar surface area (TPSA) is 48.5 Å². The number of carbonyl (C=O) groups excluding carboxylic acids is 1. The number of likely N-dealkylation sites (tertiary alicyclic amines) is 1. The minimum atomic E-state index is -2.97. The van der Waals surface area contributed by atoms with Crippen LogP contribution in [0.5, 0.6) is 0 Å². The van der Waals surface area contributed by atoms with Gasteiger partial charge in [0.05, 0.1) is 17.6 Å². The first-order chi connectivity index (χ1) is 13.8. The van der Waals surface area contributed by atoms with E-state index in [9.17, 15) is 13.6 Å². The van der Waals surface area contributed by atoms with Gasteiger partial charge in [0.15, 0.2) is 0 Å². The number of nitrogens with zero attached hydrogens (tertiary/aromatic N) is 3. The molecule has 5 nitrogen and oxygen atoms in total. The Hall–Kier alpha value is -1.55. The summed E-state index contributed by atoms with van der Waals surface area (Å²) in [4.78, 5) is 20.5. The number of carbonyl (C=O) groups is 1. The molecule has 2 aromatic rings. The number of aromatic nitrogens is 1. The number of hydrogen-bond donors (Lipinski definition) is 1. The molecule has 0 radical (unpaired) electrons. The molecule has 2 fully saturated rings. The zero-order valence-corrected chi connectivity index (χ0v) is 18.5. The minimum absolute atomic E-state index is 0.0580. The molecule has 0 unspecified atom stereocenters. The summed E-state index contributed by atoms with van der Waals surface area (Å²) in [5, 5.41) is 4.16. The van der Waals surface area contributed by atoms with Crippen molar-refractivity contribution in [2.75, 3.05) is 37.6 Å². The molecule has 2 atom stereocenters. The molecule has 1 aromatic heterocycles. The van der Waals surface area contributed by atoms with Crippen LogP contribution in [0.15, 0.2) is 30.5 Å². The summed E-state index contributed by atoms with van der Waals surface area (Å²) in [6, 6.07) is 7.11. The van der Waals surface area contributed by atoms with Crippen LogP contribution in [0.3, 0.4) is 0 Å². The van der Waals surface area contributed by atoms with Gasteiger partial charge in [0.1, 0.15) is 0 Å². The van der Waals surface area contributed by atoms with Crippen molar-refractivity contribution in [2.45, 2.75) is 29.7 Å². The second-order valence-electron chi connectivity index (χ2n) is 8.09. The second-order valence-corrected chi connectivity index (χ2v) is 9.44. The highest BCUT2D eigenvalue weighted by Crippen LogP contribution is 2.41. The average Bonchev–Trinajstić information content (AvgIpc) is 2.63. The van der Waals surface area contributed by atoms with E-state index in [0.717, 1.165) is 72.7 Å². The summed E-state index contributed by atoms with van der Waals surface area (Å²) in [6.07, 6.45) is 3.64. The van der Waals surface area contributed by atoms with E-state index < -0.39 is 3.93 Å². The number of piperidine rings is 1. The Labute approximate surface area is 183 Å². The summed E-state index contributed by atoms with van der Waals surface area (Å²) in [5.41, 5.74) is 1.21. The van der Waals surface area contributed by atoms with Gasteiger partial charge < -0.3 is 15.1 Å². The van der Waals surface area contributed by atoms with Crippen LogP contribution in [0.25, 0.3) is 10.9 Å². The number of hydrogen-bond acceptors (Lipinski definition) is 4. The number of fused-ring (bicyclic) bond motifs is 1. The van der Waals surface area contributed by atoms with Crippen LogP contribution in [0.4, 0.5) is 14.5 Å². The first-order valence-corrected chi connectivity index (χ1v) is 11.1. The SMILES string of the molecule is C[C@H]1C[C@@H](NCC(=O)N2CCC2)CN(c2ccc(C(F)(F)I)c3ncccc23)C1. The van der Waals surface area contributed by atoms with Gasteiger partial charge >= 0.3 is 3.93 Å². The van der Waals surface area contributed by atoms with E-state index in [0.29, 0.717) is 18.0 Å². The van der Waals surface area contributed by atoms with Crippen molar-refractivity contribution in [3.05, 3.63) is 36.0 Å². The van der Waals surface area contributed by atoms with Crippen molar-refractivity contribution in [3.8, 4) is 0 Å². The molecule has 1 amide bonds. The highest BCUT2D eigenvalue weighted by atomic mass is 127. The van der Waals surface area contributed by atoms with Crippen LogP contribution >= 0.6 is 22.6 Å². The molecule has 0 saturated carbocycles. The molecule has 156 valence electrons. The number of rotatable bonds is 5. The second kappa shape index (κ2) is 8.29. The first-order valence-electron chi connectivity index (χ1n) is 10.0. The lowest BCUT2D eigenvalue weighted by atomic mass is 9.94. The van der Waals surface area contributed by atoms with Crippen molar-refractivity contribution in [2.24, 2.45) is 5.92 Å². The Morgan fingerprint density at radius 2 is 2.10 bits per heavy atom. The van der Waals surface area contributed by atoms with Crippen LogP contribution in [0.1, 0.15) is 25.3 Å². The monoisotopic (exact) mass is 514 g/mol. The standard InChI is InChI=1S/C21H25F2IN4O/c1-14-10-15(26-11-19(29)27-8-3-9-27)13-28(12-14)18-6-5-17(21(22,23)24)20-16(18)4-2-7-25-20/h2,4-7,14-15,26H,3,8-13H2,1H3/t14-,15+/m0/s1. The van der Waals surface area contributed by atoms with Crippen LogP contribution in [0.2, 0.25) is 0 Å². The number of pyridine rings is 1. The number of anilines is 1. The van der Waals surface area contributed by atoms with Gasteiger partial charge in [-0.15, -0.1) is 0 Å². The molecule has 0 aliphatic carbocycles. The zero-order valence-electron chi connectivity index (χ0n) is 16.4. The van der Waals surface area contributed by atoms with Crippen molar-refractivity contribution in [1.82, 2.24) is 15.2 Å². The third kappa shape index (κ3) is 4.47. The largest absolute Gasteiger partial charge is 0.369 e. The fourth-order valence-corrected chi connectivity index (χ4v) is 4.70. The van der Waals surface area contributed by atoms with Crippen molar-refractivity contribution >= 4 is 45.1 Å². The Morgan fingerprint density at radius 1 is 1.31 bits per heavy atom. The van der Waals surface area contributed by atoms with Crippen LogP contribution in [-0.2, 0) is 8.72 Å². The smallest absolute Gasteiger partial charge is 0.323 e. The van der Waals surface area contributed by atoms with Gasteiger partial charge in [-0.25, -0.2) is 0 Å². The number of nitrogens with one attached hydrogen (secondary N) is 1. The highest BCUT2D eigenvalue weighted by molar-refractivity contribution is 14.1. The van der Waals surface area contributed by atoms with E-state index in [-0.39, 0.29) is 17.5 Å². The molecule has 3 heterocycles. The van der Waals surface area contributed by atoms with Gasteiger partial charge in [0.25, 0.3) is 0 Å². The van der Waals surface area contributed by atoms with Gasteiger partial charge in [0.2, 0.25) is 5.91 Å². The third-order valence-electron chi connectivity index (χ3n) is 5.80. The molecule has 4 rings (SSSR count). The van der Waals surface area contributed by atoms with Gasteiger partial charge in [-0.3, -0.25) is 9.78 Å². The molecular weight excluding hydrogens is 489 g/mol. The van der Waals surface area contributed by atoms with E-state index in [4.69, 9.17) is 0 Å². The van der Waals surface area contributed by atoms with Crippen molar-refractivity contribution in [1.29, 1.82) is 0 Å². The Bertz CT molecular complexity index is 900. The first kappa shape index (κ1) is 20.7. The van der Waals surface area contributed by atoms with Crippen molar-refractivity contribution in [3.63, 3.8) is 0 Å². The lowest BCUT2D eigenvalue weighted by Crippen LogP contribution is -2.53. The normalized spacial score (nSPS) is 22.6. The fourth-order valence-electron chi connectivity index (χ4n) is 4.27. The van der Waals surface area contributed by atoms with E-state index in [1.807, 2.05) is 11.0 Å². The zero-order chi connectivity index (χ0) is 20.6. The summed E-state index contributed by atoms with van der Waals surface area (Å²) in [5.74, 6) is 0.585. The maximum atomic E-state index is 14.0. The summed E-state index contributed by atoms with van der Waals surface area (Å²) >= 11 is 1.16. The average molecular weight is 514 g/mol. The van der Waals surface area contributed by atoms with Crippen LogP contribution in [-0.4, -0.2) is 54.6 Å². The maximum absolute atomic E-state index is 14.0. The molecule has 2 aliphatic rings.